The molecule has 0 unspecified atom stereocenters. The quantitative estimate of drug-likeness (QED) is 0.709. The molecular weight excluding hydrogens is 216 g/mol. The first kappa shape index (κ1) is 11.6. The van der Waals surface area contributed by atoms with Crippen molar-refractivity contribution >= 4 is 11.6 Å². The minimum absolute atomic E-state index is 0.0423. The van der Waals surface area contributed by atoms with E-state index in [1.165, 1.54) is 7.11 Å². The van der Waals surface area contributed by atoms with Crippen LogP contribution in [0.3, 0.4) is 0 Å². The van der Waals surface area contributed by atoms with Crippen LogP contribution in [0.2, 0.25) is 0 Å². The molecule has 0 aliphatic carbocycles. The molecule has 0 saturated heterocycles. The van der Waals surface area contributed by atoms with Crippen LogP contribution in [-0.2, 0) is 10.2 Å². The van der Waals surface area contributed by atoms with Gasteiger partial charge in [0.2, 0.25) is 0 Å². The smallest absolute Gasteiger partial charge is 0.355 e. The number of carbonyl (C=O) groups is 1. The molecule has 0 spiro atoms. The summed E-state index contributed by atoms with van der Waals surface area (Å²) in [4.78, 5) is 16.1. The van der Waals surface area contributed by atoms with Crippen molar-refractivity contribution in [2.24, 2.45) is 0 Å². The van der Waals surface area contributed by atoms with Crippen LogP contribution >= 0.6 is 0 Å². The Bertz CT molecular complexity index is 564. The zero-order chi connectivity index (χ0) is 12.6. The number of hydrogen-bond acceptors (Lipinski definition) is 3. The molecule has 0 radical (unpaired) electrons. The average molecular weight is 232 g/mol. The highest BCUT2D eigenvalue weighted by molar-refractivity contribution is 5.88. The zero-order valence-electron chi connectivity index (χ0n) is 10.5. The number of esters is 1. The summed E-state index contributed by atoms with van der Waals surface area (Å²) in [5.41, 5.74) is 2.17. The lowest BCUT2D eigenvalue weighted by Gasteiger charge is -2.13. The van der Waals surface area contributed by atoms with Crippen LogP contribution in [0.25, 0.3) is 5.65 Å². The number of carbonyl (C=O) groups excluding carboxylic acids is 1. The van der Waals surface area contributed by atoms with Crippen molar-refractivity contribution in [3.63, 3.8) is 0 Å². The predicted octanol–water partition coefficient (Wildman–Crippen LogP) is 2.42. The van der Waals surface area contributed by atoms with Crippen LogP contribution in [0.15, 0.2) is 24.4 Å². The molecule has 0 aromatic carbocycles. The molecule has 0 saturated carbocycles. The molecule has 0 fully saturated rings. The third-order valence-electron chi connectivity index (χ3n) is 2.66. The van der Waals surface area contributed by atoms with Gasteiger partial charge < -0.3 is 4.74 Å². The normalized spacial score (nSPS) is 11.8. The summed E-state index contributed by atoms with van der Waals surface area (Å²) in [6.07, 6.45) is 1.89. The van der Waals surface area contributed by atoms with Gasteiger partial charge in [-0.2, -0.15) is 0 Å². The van der Waals surface area contributed by atoms with E-state index in [0.717, 1.165) is 11.3 Å². The molecule has 2 rings (SSSR count). The van der Waals surface area contributed by atoms with Gasteiger partial charge in [-0.1, -0.05) is 26.8 Å². The van der Waals surface area contributed by atoms with E-state index in [9.17, 15) is 4.79 Å². The first-order chi connectivity index (χ1) is 7.93. The second-order valence-corrected chi connectivity index (χ2v) is 5.01. The monoisotopic (exact) mass is 232 g/mol. The molecule has 4 nitrogen and oxygen atoms in total. The summed E-state index contributed by atoms with van der Waals surface area (Å²) in [5, 5.41) is 0. The number of hydrogen-bond donors (Lipinski definition) is 0. The van der Waals surface area contributed by atoms with Crippen LogP contribution in [0.4, 0.5) is 0 Å². The van der Waals surface area contributed by atoms with Crippen LogP contribution < -0.4 is 0 Å². The molecule has 4 heteroatoms. The van der Waals surface area contributed by atoms with E-state index in [0.29, 0.717) is 5.69 Å². The first-order valence-electron chi connectivity index (χ1n) is 5.50. The summed E-state index contributed by atoms with van der Waals surface area (Å²) in [7, 11) is 1.38. The molecule has 0 N–H and O–H groups in total. The van der Waals surface area contributed by atoms with E-state index in [2.05, 4.69) is 25.8 Å². The van der Waals surface area contributed by atoms with Crippen molar-refractivity contribution in [3.8, 4) is 0 Å². The van der Waals surface area contributed by atoms with Crippen LogP contribution in [0, 0.1) is 0 Å². The maximum Gasteiger partial charge on any atom is 0.355 e. The summed E-state index contributed by atoms with van der Waals surface area (Å²) >= 11 is 0. The predicted molar refractivity (Wildman–Crippen MR) is 65.2 cm³/mol. The average Bonchev–Trinajstić information content (AvgIpc) is 2.71. The van der Waals surface area contributed by atoms with Gasteiger partial charge in [0.05, 0.1) is 12.8 Å². The van der Waals surface area contributed by atoms with E-state index in [1.54, 1.807) is 16.5 Å². The lowest BCUT2D eigenvalue weighted by molar-refractivity contribution is 0.0592. The molecule has 90 valence electrons. The summed E-state index contributed by atoms with van der Waals surface area (Å²) < 4.78 is 6.52. The van der Waals surface area contributed by atoms with Gasteiger partial charge >= 0.3 is 5.97 Å². The lowest BCUT2D eigenvalue weighted by atomic mass is 9.93. The van der Waals surface area contributed by atoms with E-state index in [1.807, 2.05) is 12.3 Å². The van der Waals surface area contributed by atoms with Gasteiger partial charge in [0.25, 0.3) is 0 Å². The molecule has 2 aromatic rings. The fraction of sp³-hybridized carbons (Fsp3) is 0.385. The number of aromatic nitrogens is 2. The Morgan fingerprint density at radius 2 is 2.06 bits per heavy atom. The third-order valence-corrected chi connectivity index (χ3v) is 2.66. The Morgan fingerprint density at radius 3 is 2.65 bits per heavy atom. The summed E-state index contributed by atoms with van der Waals surface area (Å²) in [5.74, 6) is -0.353. The van der Waals surface area contributed by atoms with Gasteiger partial charge in [0, 0.05) is 11.6 Å². The minimum atomic E-state index is -0.353. The molecular formula is C13H16N2O2. The molecule has 2 aromatic heterocycles. The molecule has 0 aliphatic heterocycles. The molecule has 0 aliphatic rings. The molecule has 17 heavy (non-hydrogen) atoms. The van der Waals surface area contributed by atoms with E-state index >= 15 is 0 Å². The number of methoxy groups -OCH3 is 1. The van der Waals surface area contributed by atoms with E-state index in [4.69, 9.17) is 4.74 Å². The standard InChI is InChI=1S/C13H16N2O2/c1-13(2,3)10-8-15-9(12(16)17-4)6-5-7-11(15)14-10/h5-8H,1-4H3. The van der Waals surface area contributed by atoms with Crippen LogP contribution in [0.1, 0.15) is 37.0 Å². The van der Waals surface area contributed by atoms with Gasteiger partial charge in [-0.3, -0.25) is 4.40 Å². The number of fused-ring (bicyclic) bond motifs is 1. The van der Waals surface area contributed by atoms with Gasteiger partial charge in [-0.05, 0) is 12.1 Å². The Hall–Kier alpha value is -1.84. The first-order valence-corrected chi connectivity index (χ1v) is 5.50. The maximum atomic E-state index is 11.6. The zero-order valence-corrected chi connectivity index (χ0v) is 10.5. The fourth-order valence-corrected chi connectivity index (χ4v) is 1.64. The Morgan fingerprint density at radius 1 is 1.35 bits per heavy atom. The van der Waals surface area contributed by atoms with Crippen LogP contribution in [0.5, 0.6) is 0 Å². The van der Waals surface area contributed by atoms with E-state index < -0.39 is 0 Å². The second-order valence-electron chi connectivity index (χ2n) is 5.01. The third kappa shape index (κ3) is 2.02. The number of nitrogens with zero attached hydrogens (tertiary/aromatic N) is 2. The van der Waals surface area contributed by atoms with Crippen molar-refractivity contribution in [2.45, 2.75) is 26.2 Å². The largest absolute Gasteiger partial charge is 0.464 e. The van der Waals surface area contributed by atoms with Gasteiger partial charge in [0.15, 0.2) is 0 Å². The minimum Gasteiger partial charge on any atom is -0.464 e. The number of pyridine rings is 1. The highest BCUT2D eigenvalue weighted by Crippen LogP contribution is 2.22. The highest BCUT2D eigenvalue weighted by Gasteiger charge is 2.19. The molecule has 0 amide bonds. The fourth-order valence-electron chi connectivity index (χ4n) is 1.64. The maximum absolute atomic E-state index is 11.6. The molecule has 0 atom stereocenters. The Kier molecular flexibility index (Phi) is 2.65. The summed E-state index contributed by atoms with van der Waals surface area (Å²) in [6, 6.07) is 5.41. The number of rotatable bonds is 1. The highest BCUT2D eigenvalue weighted by atomic mass is 16.5. The second kappa shape index (κ2) is 3.87. The molecule has 2 heterocycles. The van der Waals surface area contributed by atoms with E-state index in [-0.39, 0.29) is 11.4 Å². The molecule has 0 bridgehead atoms. The topological polar surface area (TPSA) is 43.6 Å². The summed E-state index contributed by atoms with van der Waals surface area (Å²) in [6.45, 7) is 6.27. The number of imidazole rings is 1. The van der Waals surface area contributed by atoms with Crippen molar-refractivity contribution in [1.29, 1.82) is 0 Å². The van der Waals surface area contributed by atoms with Crippen molar-refractivity contribution in [2.75, 3.05) is 7.11 Å². The van der Waals surface area contributed by atoms with Crippen LogP contribution in [-0.4, -0.2) is 22.5 Å². The van der Waals surface area contributed by atoms with Crippen molar-refractivity contribution in [1.82, 2.24) is 9.38 Å². The Balaban J connectivity index is 2.65. The van der Waals surface area contributed by atoms with Crippen molar-refractivity contribution < 1.29 is 9.53 Å². The van der Waals surface area contributed by atoms with Gasteiger partial charge in [-0.25, -0.2) is 9.78 Å². The van der Waals surface area contributed by atoms with Gasteiger partial charge in [-0.15, -0.1) is 0 Å². The number of ether oxygens (including phenoxy) is 1. The Labute approximate surface area is 100 Å². The van der Waals surface area contributed by atoms with Crippen molar-refractivity contribution in [3.05, 3.63) is 35.8 Å². The SMILES string of the molecule is COC(=O)c1cccc2nc(C(C)(C)C)cn12. The van der Waals surface area contributed by atoms with Gasteiger partial charge in [0.1, 0.15) is 11.3 Å². The lowest BCUT2D eigenvalue weighted by Crippen LogP contribution is -2.11.